The van der Waals surface area contributed by atoms with Gasteiger partial charge < -0.3 is 10.1 Å². The lowest BCUT2D eigenvalue weighted by Gasteiger charge is -2.18. The Kier molecular flexibility index (Phi) is 5.15. The molecule has 0 aliphatic heterocycles. The molecule has 1 unspecified atom stereocenters. The second kappa shape index (κ2) is 6.86. The summed E-state index contributed by atoms with van der Waals surface area (Å²) in [5.74, 6) is 0. The molecule has 1 atom stereocenters. The maximum atomic E-state index is 5.80. The molecule has 1 heterocycles. The highest BCUT2D eigenvalue weighted by molar-refractivity contribution is 5.82. The first-order valence-electron chi connectivity index (χ1n) is 7.40. The summed E-state index contributed by atoms with van der Waals surface area (Å²) in [4.78, 5) is 0. The molecule has 4 nitrogen and oxygen atoms in total. The summed E-state index contributed by atoms with van der Waals surface area (Å²) in [7, 11) is 1.99. The first kappa shape index (κ1) is 15.0. The fourth-order valence-corrected chi connectivity index (χ4v) is 2.34. The topological polar surface area (TPSA) is 39.1 Å². The lowest BCUT2D eigenvalue weighted by Crippen LogP contribution is -2.28. The Hall–Kier alpha value is -1.39. The van der Waals surface area contributed by atoms with Gasteiger partial charge in [0.05, 0.1) is 30.0 Å². The van der Waals surface area contributed by atoms with E-state index in [0.717, 1.165) is 24.2 Å². The number of aromatic nitrogens is 2. The number of hydrogen-bond donors (Lipinski definition) is 1. The molecular formula is C16H25N3O. The zero-order valence-corrected chi connectivity index (χ0v) is 12.9. The van der Waals surface area contributed by atoms with Crippen LogP contribution in [0.1, 0.15) is 38.9 Å². The summed E-state index contributed by atoms with van der Waals surface area (Å²) in [5.41, 5.74) is 2.24. The Balaban J connectivity index is 2.29. The third kappa shape index (κ3) is 3.38. The number of nitrogens with one attached hydrogen (secondary N) is 1. The van der Waals surface area contributed by atoms with Gasteiger partial charge in [-0.2, -0.15) is 5.10 Å². The molecule has 2 rings (SSSR count). The van der Waals surface area contributed by atoms with E-state index in [9.17, 15) is 0 Å². The molecule has 0 radical (unpaired) electrons. The van der Waals surface area contributed by atoms with E-state index in [0.29, 0.717) is 6.61 Å². The van der Waals surface area contributed by atoms with Gasteiger partial charge in [0.2, 0.25) is 0 Å². The molecule has 110 valence electrons. The first-order valence-corrected chi connectivity index (χ1v) is 7.40. The van der Waals surface area contributed by atoms with Crippen LogP contribution in [-0.2, 0) is 11.8 Å². The van der Waals surface area contributed by atoms with Crippen molar-refractivity contribution in [3.63, 3.8) is 0 Å². The normalized spacial score (nSPS) is 13.2. The highest BCUT2D eigenvalue weighted by Crippen LogP contribution is 2.23. The van der Waals surface area contributed by atoms with Crippen LogP contribution < -0.4 is 5.32 Å². The molecule has 0 bridgehead atoms. The molecule has 4 heteroatoms. The van der Waals surface area contributed by atoms with Crippen LogP contribution in [0.2, 0.25) is 0 Å². The summed E-state index contributed by atoms with van der Waals surface area (Å²) in [6.45, 7) is 7.92. The van der Waals surface area contributed by atoms with Gasteiger partial charge in [-0.15, -0.1) is 0 Å². The van der Waals surface area contributed by atoms with E-state index >= 15 is 0 Å². The van der Waals surface area contributed by atoms with E-state index in [4.69, 9.17) is 9.84 Å². The number of benzene rings is 1. The van der Waals surface area contributed by atoms with Gasteiger partial charge in [-0.05, 0) is 32.9 Å². The maximum absolute atomic E-state index is 5.80. The Morgan fingerprint density at radius 1 is 1.30 bits per heavy atom. The highest BCUT2D eigenvalue weighted by Gasteiger charge is 2.19. The molecule has 0 fully saturated rings. The molecule has 0 saturated heterocycles. The van der Waals surface area contributed by atoms with Gasteiger partial charge in [-0.3, -0.25) is 4.68 Å². The van der Waals surface area contributed by atoms with Crippen LogP contribution in [0.15, 0.2) is 24.3 Å². The number of fused-ring (bicyclic) bond motifs is 1. The summed E-state index contributed by atoms with van der Waals surface area (Å²) >= 11 is 0. The van der Waals surface area contributed by atoms with Gasteiger partial charge in [0, 0.05) is 12.4 Å². The Bertz CT molecular complexity index is 548. The van der Waals surface area contributed by atoms with Crippen molar-refractivity contribution in [1.29, 1.82) is 0 Å². The molecular weight excluding hydrogens is 250 g/mol. The van der Waals surface area contributed by atoms with Crippen LogP contribution in [0, 0.1) is 0 Å². The second-order valence-corrected chi connectivity index (χ2v) is 5.41. The molecule has 2 aromatic rings. The van der Waals surface area contributed by atoms with Gasteiger partial charge in [0.25, 0.3) is 0 Å². The molecule has 0 aliphatic rings. The number of ether oxygens (including phenoxy) is 1. The number of hydrogen-bond acceptors (Lipinski definition) is 3. The summed E-state index contributed by atoms with van der Waals surface area (Å²) in [6, 6.07) is 8.49. The largest absolute Gasteiger partial charge is 0.377 e. The van der Waals surface area contributed by atoms with Crippen molar-refractivity contribution in [1.82, 2.24) is 15.1 Å². The van der Waals surface area contributed by atoms with Crippen LogP contribution in [0.3, 0.4) is 0 Å². The van der Waals surface area contributed by atoms with Crippen molar-refractivity contribution in [2.45, 2.75) is 39.3 Å². The molecule has 0 saturated carbocycles. The third-order valence-corrected chi connectivity index (χ3v) is 3.35. The van der Waals surface area contributed by atoms with Crippen LogP contribution in [0.25, 0.3) is 10.9 Å². The standard InChI is InChI=1S/C16H25N3O/c1-5-10-17-14(11-20-12(2)3)16-13-8-6-7-9-15(13)19(4)18-16/h6-9,12,14,17H,5,10-11H2,1-4H3. The average molecular weight is 275 g/mol. The van der Waals surface area contributed by atoms with E-state index < -0.39 is 0 Å². The Morgan fingerprint density at radius 2 is 2.05 bits per heavy atom. The number of aryl methyl sites for hydroxylation is 1. The summed E-state index contributed by atoms with van der Waals surface area (Å²) in [6.07, 6.45) is 1.33. The SMILES string of the molecule is CCCNC(COC(C)C)c1nn(C)c2ccccc12. The first-order chi connectivity index (χ1) is 9.63. The van der Waals surface area contributed by atoms with Crippen molar-refractivity contribution in [2.24, 2.45) is 7.05 Å². The van der Waals surface area contributed by atoms with E-state index in [1.807, 2.05) is 17.8 Å². The predicted molar refractivity (Wildman–Crippen MR) is 82.8 cm³/mol. The zero-order valence-electron chi connectivity index (χ0n) is 12.9. The number of rotatable bonds is 7. The molecule has 0 aliphatic carbocycles. The number of nitrogens with zero attached hydrogens (tertiary/aromatic N) is 2. The van der Waals surface area contributed by atoms with Crippen LogP contribution in [0.5, 0.6) is 0 Å². The zero-order chi connectivity index (χ0) is 14.5. The van der Waals surface area contributed by atoms with Crippen molar-refractivity contribution in [3.05, 3.63) is 30.0 Å². The molecule has 0 amide bonds. The molecule has 1 aromatic carbocycles. The van der Waals surface area contributed by atoms with E-state index in [-0.39, 0.29) is 12.1 Å². The smallest absolute Gasteiger partial charge is 0.0896 e. The van der Waals surface area contributed by atoms with Crippen LogP contribution in [0.4, 0.5) is 0 Å². The third-order valence-electron chi connectivity index (χ3n) is 3.35. The Morgan fingerprint density at radius 3 is 2.75 bits per heavy atom. The van der Waals surface area contributed by atoms with Gasteiger partial charge in [0.1, 0.15) is 0 Å². The van der Waals surface area contributed by atoms with Crippen molar-refractivity contribution in [2.75, 3.05) is 13.2 Å². The van der Waals surface area contributed by atoms with Gasteiger partial charge in [-0.1, -0.05) is 25.1 Å². The monoisotopic (exact) mass is 275 g/mol. The lowest BCUT2D eigenvalue weighted by molar-refractivity contribution is 0.0605. The van der Waals surface area contributed by atoms with Gasteiger partial charge in [-0.25, -0.2) is 0 Å². The molecule has 1 aromatic heterocycles. The maximum Gasteiger partial charge on any atom is 0.0896 e. The van der Waals surface area contributed by atoms with Crippen molar-refractivity contribution in [3.8, 4) is 0 Å². The van der Waals surface area contributed by atoms with E-state index in [1.165, 1.54) is 5.39 Å². The fourth-order valence-electron chi connectivity index (χ4n) is 2.34. The fraction of sp³-hybridized carbons (Fsp3) is 0.562. The van der Waals surface area contributed by atoms with E-state index in [1.54, 1.807) is 0 Å². The summed E-state index contributed by atoms with van der Waals surface area (Å²) < 4.78 is 7.75. The highest BCUT2D eigenvalue weighted by atomic mass is 16.5. The van der Waals surface area contributed by atoms with Crippen molar-refractivity contribution >= 4 is 10.9 Å². The predicted octanol–water partition coefficient (Wildman–Crippen LogP) is 3.04. The van der Waals surface area contributed by atoms with Gasteiger partial charge >= 0.3 is 0 Å². The Labute approximate surface area is 121 Å². The van der Waals surface area contributed by atoms with Crippen LogP contribution >= 0.6 is 0 Å². The molecule has 0 spiro atoms. The van der Waals surface area contributed by atoms with Gasteiger partial charge in [0.15, 0.2) is 0 Å². The van der Waals surface area contributed by atoms with E-state index in [2.05, 4.69) is 44.3 Å². The number of para-hydroxylation sites is 1. The van der Waals surface area contributed by atoms with Crippen LogP contribution in [-0.4, -0.2) is 29.0 Å². The summed E-state index contributed by atoms with van der Waals surface area (Å²) in [5, 5.41) is 9.45. The minimum Gasteiger partial charge on any atom is -0.377 e. The minimum atomic E-state index is 0.142. The minimum absolute atomic E-state index is 0.142. The lowest BCUT2D eigenvalue weighted by atomic mass is 10.1. The second-order valence-electron chi connectivity index (χ2n) is 5.41. The molecule has 1 N–H and O–H groups in total. The average Bonchev–Trinajstić information content (AvgIpc) is 2.77. The molecule has 20 heavy (non-hydrogen) atoms. The van der Waals surface area contributed by atoms with Crippen molar-refractivity contribution < 1.29 is 4.74 Å². The quantitative estimate of drug-likeness (QED) is 0.844.